The highest BCUT2D eigenvalue weighted by Gasteiger charge is 3.00. The molecule has 2 aliphatic carbocycles. The third-order valence-corrected chi connectivity index (χ3v) is 4.58. The number of hydrogen-bond donors (Lipinski definition) is 2. The minimum absolute atomic E-state index is 0.557. The van der Waals surface area contributed by atoms with Gasteiger partial charge in [-0.2, -0.15) is 0 Å². The van der Waals surface area contributed by atoms with Crippen LogP contribution in [0, 0.1) is 17.3 Å². The SMILES string of the molecule is CC12[C@H](C(=O)O)C1(c1ccccc1)[C@H]2C(=O)O. The van der Waals surface area contributed by atoms with Crippen molar-refractivity contribution in [2.45, 2.75) is 12.3 Å². The molecule has 0 bridgehead atoms. The zero-order valence-electron chi connectivity index (χ0n) is 9.25. The molecule has 0 unspecified atom stereocenters. The van der Waals surface area contributed by atoms with E-state index in [1.807, 2.05) is 30.3 Å². The average Bonchev–Trinajstić information content (AvgIpc) is 3.01. The van der Waals surface area contributed by atoms with E-state index in [4.69, 9.17) is 10.2 Å². The summed E-state index contributed by atoms with van der Waals surface area (Å²) < 4.78 is 0. The van der Waals surface area contributed by atoms with Gasteiger partial charge >= 0.3 is 11.9 Å². The van der Waals surface area contributed by atoms with Crippen molar-refractivity contribution in [2.24, 2.45) is 17.3 Å². The summed E-state index contributed by atoms with van der Waals surface area (Å²) in [6.07, 6.45) is 0. The van der Waals surface area contributed by atoms with Crippen molar-refractivity contribution >= 4 is 11.9 Å². The summed E-state index contributed by atoms with van der Waals surface area (Å²) in [5, 5.41) is 18.3. The minimum atomic E-state index is -0.895. The third-order valence-electron chi connectivity index (χ3n) is 4.58. The lowest BCUT2D eigenvalue weighted by Crippen LogP contribution is -2.27. The van der Waals surface area contributed by atoms with Crippen molar-refractivity contribution in [3.05, 3.63) is 35.9 Å². The van der Waals surface area contributed by atoms with E-state index in [9.17, 15) is 9.59 Å². The Morgan fingerprint density at radius 3 is 1.94 bits per heavy atom. The van der Waals surface area contributed by atoms with Crippen LogP contribution >= 0.6 is 0 Å². The molecule has 0 radical (unpaired) electrons. The van der Waals surface area contributed by atoms with Crippen LogP contribution in [0.15, 0.2) is 30.3 Å². The number of carboxylic acids is 2. The van der Waals surface area contributed by atoms with Gasteiger partial charge in [0.2, 0.25) is 0 Å². The quantitative estimate of drug-likeness (QED) is 0.825. The molecule has 3 rings (SSSR count). The van der Waals surface area contributed by atoms with Crippen LogP contribution in [0.2, 0.25) is 0 Å². The molecule has 0 saturated heterocycles. The molecule has 0 heterocycles. The molecule has 0 aromatic heterocycles. The summed E-state index contributed by atoms with van der Waals surface area (Å²) in [5.41, 5.74) is -0.444. The van der Waals surface area contributed by atoms with Gasteiger partial charge in [0, 0.05) is 10.8 Å². The minimum Gasteiger partial charge on any atom is -0.481 e. The molecule has 1 aromatic carbocycles. The summed E-state index contributed by atoms with van der Waals surface area (Å²) in [5.74, 6) is -2.90. The van der Waals surface area contributed by atoms with Gasteiger partial charge in [-0.3, -0.25) is 9.59 Å². The zero-order valence-corrected chi connectivity index (χ0v) is 9.25. The first-order chi connectivity index (χ1) is 7.99. The van der Waals surface area contributed by atoms with Crippen molar-refractivity contribution in [3.63, 3.8) is 0 Å². The number of carboxylic acid groups (broad SMARTS) is 2. The van der Waals surface area contributed by atoms with Crippen LogP contribution in [0.5, 0.6) is 0 Å². The first-order valence-electron chi connectivity index (χ1n) is 5.50. The van der Waals surface area contributed by atoms with Crippen molar-refractivity contribution in [1.82, 2.24) is 0 Å². The van der Waals surface area contributed by atoms with Crippen LogP contribution in [0.1, 0.15) is 12.5 Å². The molecule has 4 nitrogen and oxygen atoms in total. The van der Waals surface area contributed by atoms with E-state index >= 15 is 0 Å². The van der Waals surface area contributed by atoms with E-state index < -0.39 is 34.6 Å². The van der Waals surface area contributed by atoms with Crippen molar-refractivity contribution in [1.29, 1.82) is 0 Å². The Labute approximate surface area is 97.9 Å². The van der Waals surface area contributed by atoms with Crippen LogP contribution in [0.3, 0.4) is 0 Å². The molecule has 2 N–H and O–H groups in total. The van der Waals surface area contributed by atoms with Gasteiger partial charge in [-0.05, 0) is 5.56 Å². The Morgan fingerprint density at radius 1 is 1.06 bits per heavy atom. The van der Waals surface area contributed by atoms with Crippen molar-refractivity contribution in [2.75, 3.05) is 0 Å². The fourth-order valence-corrected chi connectivity index (χ4v) is 3.84. The predicted octanol–water partition coefficient (Wildman–Crippen LogP) is 1.36. The maximum Gasteiger partial charge on any atom is 0.308 e. The highest BCUT2D eigenvalue weighted by Crippen LogP contribution is 2.93. The van der Waals surface area contributed by atoms with Crippen LogP contribution in [-0.2, 0) is 15.0 Å². The Kier molecular flexibility index (Phi) is 1.64. The van der Waals surface area contributed by atoms with E-state index in [1.54, 1.807) is 6.92 Å². The van der Waals surface area contributed by atoms with Crippen molar-refractivity contribution < 1.29 is 19.8 Å². The molecule has 2 atom stereocenters. The molecule has 1 aromatic rings. The zero-order chi connectivity index (χ0) is 12.4. The standard InChI is InChI=1S/C13H12O4/c1-12-8(10(14)15)13(12,9(12)11(16)17)7-5-3-2-4-6-7/h2-6,8-9H,1H3,(H,14,15)(H,16,17)/t8-,9-,12?,13?/m0/s1. The van der Waals surface area contributed by atoms with Gasteiger partial charge in [0.25, 0.3) is 0 Å². The monoisotopic (exact) mass is 232 g/mol. The Balaban J connectivity index is 2.07. The van der Waals surface area contributed by atoms with Gasteiger partial charge in [-0.25, -0.2) is 0 Å². The first kappa shape index (κ1) is 10.3. The smallest absolute Gasteiger partial charge is 0.308 e. The molecule has 0 aliphatic heterocycles. The van der Waals surface area contributed by atoms with E-state index in [2.05, 4.69) is 0 Å². The molecule has 2 saturated carbocycles. The Bertz CT molecular complexity index is 497. The Hall–Kier alpha value is -1.84. The number of rotatable bonds is 3. The number of benzene rings is 1. The normalized spacial score (nSPS) is 41.5. The molecule has 2 fully saturated rings. The lowest BCUT2D eigenvalue weighted by molar-refractivity contribution is -0.146. The topological polar surface area (TPSA) is 74.6 Å². The van der Waals surface area contributed by atoms with Crippen LogP contribution in [0.25, 0.3) is 0 Å². The van der Waals surface area contributed by atoms with Crippen LogP contribution < -0.4 is 0 Å². The summed E-state index contributed by atoms with van der Waals surface area (Å²) in [7, 11) is 0. The average molecular weight is 232 g/mol. The molecule has 0 spiro atoms. The lowest BCUT2D eigenvalue weighted by atomic mass is 9.88. The summed E-state index contributed by atoms with van der Waals surface area (Å²) in [6, 6.07) is 9.12. The van der Waals surface area contributed by atoms with Gasteiger partial charge in [0.05, 0.1) is 11.8 Å². The molecular weight excluding hydrogens is 220 g/mol. The van der Waals surface area contributed by atoms with Gasteiger partial charge in [-0.15, -0.1) is 0 Å². The lowest BCUT2D eigenvalue weighted by Gasteiger charge is -2.15. The van der Waals surface area contributed by atoms with Gasteiger partial charge in [0.1, 0.15) is 0 Å². The van der Waals surface area contributed by atoms with E-state index in [0.29, 0.717) is 0 Å². The van der Waals surface area contributed by atoms with Crippen LogP contribution in [0.4, 0.5) is 0 Å². The first-order valence-corrected chi connectivity index (χ1v) is 5.50. The fraction of sp³-hybridized carbons (Fsp3) is 0.385. The Morgan fingerprint density at radius 2 is 1.53 bits per heavy atom. The maximum absolute atomic E-state index is 11.2. The summed E-state index contributed by atoms with van der Waals surface area (Å²) >= 11 is 0. The highest BCUT2D eigenvalue weighted by atomic mass is 16.4. The second kappa shape index (κ2) is 2.70. The van der Waals surface area contributed by atoms with E-state index in [-0.39, 0.29) is 0 Å². The molecule has 17 heavy (non-hydrogen) atoms. The van der Waals surface area contributed by atoms with Gasteiger partial charge < -0.3 is 10.2 Å². The largest absolute Gasteiger partial charge is 0.481 e. The maximum atomic E-state index is 11.2. The number of carbonyl (C=O) groups is 2. The van der Waals surface area contributed by atoms with Crippen molar-refractivity contribution in [3.8, 4) is 0 Å². The second-order valence-corrected chi connectivity index (χ2v) is 5.06. The van der Waals surface area contributed by atoms with E-state index in [0.717, 1.165) is 5.56 Å². The van der Waals surface area contributed by atoms with E-state index in [1.165, 1.54) is 0 Å². The number of fused-ring (bicyclic) bond motifs is 1. The number of hydrogen-bond acceptors (Lipinski definition) is 2. The molecule has 0 amide bonds. The second-order valence-electron chi connectivity index (χ2n) is 5.06. The molecule has 2 aliphatic rings. The summed E-state index contributed by atoms with van der Waals surface area (Å²) in [4.78, 5) is 22.3. The van der Waals surface area contributed by atoms with Gasteiger partial charge in [-0.1, -0.05) is 37.3 Å². The number of aliphatic carboxylic acids is 2. The van der Waals surface area contributed by atoms with Crippen LogP contribution in [-0.4, -0.2) is 22.2 Å². The summed E-state index contributed by atoms with van der Waals surface area (Å²) in [6.45, 7) is 1.76. The highest BCUT2D eigenvalue weighted by molar-refractivity contribution is 5.95. The molecular formula is C13H12O4. The van der Waals surface area contributed by atoms with Gasteiger partial charge in [0.15, 0.2) is 0 Å². The fourth-order valence-electron chi connectivity index (χ4n) is 3.84. The third kappa shape index (κ3) is 0.866. The molecule has 88 valence electrons. The predicted molar refractivity (Wildman–Crippen MR) is 58.5 cm³/mol. The molecule has 4 heteroatoms.